The third-order valence-corrected chi connectivity index (χ3v) is 3.63. The number of nitrogens with zero attached hydrogens (tertiary/aromatic N) is 4. The Morgan fingerprint density at radius 1 is 0.607 bits per heavy atom. The molecule has 0 aliphatic carbocycles. The Morgan fingerprint density at radius 2 is 0.893 bits per heavy atom. The Bertz CT molecular complexity index is 919. The third-order valence-electron chi connectivity index (χ3n) is 3.00. The molecule has 0 unspecified atom stereocenters. The van der Waals surface area contributed by atoms with Crippen molar-refractivity contribution in [2.45, 2.75) is 0 Å². The molecule has 0 radical (unpaired) electrons. The Kier molecular flexibility index (Phi) is 6.95. The lowest BCUT2D eigenvalue weighted by atomic mass is 10.2. The number of halogens is 2. The van der Waals surface area contributed by atoms with E-state index in [0.717, 1.165) is 24.3 Å². The lowest BCUT2D eigenvalue weighted by Crippen LogP contribution is -1.98. The fourth-order valence-corrected chi connectivity index (χ4v) is 2.11. The van der Waals surface area contributed by atoms with Gasteiger partial charge in [0, 0.05) is 12.1 Å². The Morgan fingerprint density at radius 3 is 1.11 bits per heavy atom. The number of hydrogen-bond donors (Lipinski definition) is 2. The van der Waals surface area contributed by atoms with Crippen LogP contribution in [0.5, 0.6) is 0 Å². The van der Waals surface area contributed by atoms with Crippen LogP contribution in [0.25, 0.3) is 0 Å². The lowest BCUT2D eigenvalue weighted by molar-refractivity contribution is -0.393. The maximum Gasteiger partial charge on any atom is 0.300 e. The molecule has 0 atom stereocenters. The molecule has 0 aromatic heterocycles. The zero-order valence-corrected chi connectivity index (χ0v) is 14.8. The molecule has 0 saturated carbocycles. The molecular formula is C12H8Cl2N6O8. The summed E-state index contributed by atoms with van der Waals surface area (Å²) in [6.45, 7) is 0. The molecule has 0 saturated heterocycles. The molecule has 2 aromatic carbocycles. The molecule has 2 rings (SSSR count). The number of nitrogens with two attached hydrogens (primary N) is 2. The van der Waals surface area contributed by atoms with Crippen molar-refractivity contribution in [3.05, 3.63) is 74.8 Å². The Balaban J connectivity index is 0.000000280. The van der Waals surface area contributed by atoms with E-state index in [0.29, 0.717) is 0 Å². The van der Waals surface area contributed by atoms with Crippen molar-refractivity contribution in [2.24, 2.45) is 0 Å². The SMILES string of the molecule is Nc1c(Cl)cc([N+](=O)[O-])cc1[N+](=O)[O-].Nc1c(Cl)cc([N+](=O)[O-])cc1[N+](=O)[O-]. The zero-order chi connectivity index (χ0) is 21.8. The van der Waals surface area contributed by atoms with Crippen molar-refractivity contribution >= 4 is 57.3 Å². The highest BCUT2D eigenvalue weighted by molar-refractivity contribution is 6.34. The van der Waals surface area contributed by atoms with Gasteiger partial charge in [-0.05, 0) is 0 Å². The van der Waals surface area contributed by atoms with Gasteiger partial charge in [0.1, 0.15) is 11.4 Å². The maximum atomic E-state index is 10.4. The number of nitro benzene ring substituents is 4. The summed E-state index contributed by atoms with van der Waals surface area (Å²) >= 11 is 10.9. The van der Waals surface area contributed by atoms with E-state index >= 15 is 0 Å². The van der Waals surface area contributed by atoms with Crippen molar-refractivity contribution < 1.29 is 19.7 Å². The standard InChI is InChI=1S/2C6H4ClN3O4/c2*7-4-1-3(9(11)12)2-5(6(4)8)10(13)14/h2*1-2H,8H2. The van der Waals surface area contributed by atoms with Crippen LogP contribution in [0.3, 0.4) is 0 Å². The number of nitro groups is 4. The van der Waals surface area contributed by atoms with Gasteiger partial charge in [0.15, 0.2) is 0 Å². The second-order valence-corrected chi connectivity index (χ2v) is 5.56. The van der Waals surface area contributed by atoms with Crippen LogP contribution >= 0.6 is 23.2 Å². The highest BCUT2D eigenvalue weighted by atomic mass is 35.5. The Hall–Kier alpha value is -3.78. The maximum absolute atomic E-state index is 10.4. The summed E-state index contributed by atoms with van der Waals surface area (Å²) in [7, 11) is 0. The molecule has 0 aliphatic heterocycles. The van der Waals surface area contributed by atoms with E-state index in [-0.39, 0.29) is 21.4 Å². The molecular weight excluding hydrogens is 427 g/mol. The summed E-state index contributed by atoms with van der Waals surface area (Å²) in [5.41, 5.74) is 7.91. The molecule has 0 aliphatic rings. The first-order chi connectivity index (χ1) is 12.9. The van der Waals surface area contributed by atoms with Gasteiger partial charge in [-0.15, -0.1) is 0 Å². The minimum atomic E-state index is -0.825. The van der Waals surface area contributed by atoms with E-state index in [2.05, 4.69) is 0 Å². The molecule has 28 heavy (non-hydrogen) atoms. The second-order valence-electron chi connectivity index (χ2n) is 4.75. The minimum absolute atomic E-state index is 0.203. The number of anilines is 2. The highest BCUT2D eigenvalue weighted by Crippen LogP contribution is 2.34. The average Bonchev–Trinajstić information content (AvgIpc) is 2.59. The van der Waals surface area contributed by atoms with E-state index < -0.39 is 42.4 Å². The summed E-state index contributed by atoms with van der Waals surface area (Å²) in [5.74, 6) is 0. The van der Waals surface area contributed by atoms with Crippen LogP contribution in [-0.2, 0) is 0 Å². The van der Waals surface area contributed by atoms with E-state index in [4.69, 9.17) is 34.7 Å². The number of non-ortho nitro benzene ring substituents is 2. The largest absolute Gasteiger partial charge is 0.392 e. The molecule has 148 valence electrons. The topological polar surface area (TPSA) is 225 Å². The zero-order valence-electron chi connectivity index (χ0n) is 13.3. The smallest absolute Gasteiger partial charge is 0.300 e. The van der Waals surface area contributed by atoms with Gasteiger partial charge in [-0.1, -0.05) is 23.2 Å². The van der Waals surface area contributed by atoms with Crippen LogP contribution in [0.2, 0.25) is 10.0 Å². The summed E-state index contributed by atoms with van der Waals surface area (Å²) < 4.78 is 0. The van der Waals surface area contributed by atoms with Crippen LogP contribution in [-0.4, -0.2) is 19.7 Å². The highest BCUT2D eigenvalue weighted by Gasteiger charge is 2.22. The quantitative estimate of drug-likeness (QED) is 0.404. The van der Waals surface area contributed by atoms with Gasteiger partial charge in [-0.25, -0.2) is 0 Å². The van der Waals surface area contributed by atoms with E-state index in [1.807, 2.05) is 0 Å². The first kappa shape index (κ1) is 22.3. The molecule has 0 bridgehead atoms. The third kappa shape index (κ3) is 5.12. The minimum Gasteiger partial charge on any atom is -0.392 e. The van der Waals surface area contributed by atoms with Gasteiger partial charge in [0.2, 0.25) is 0 Å². The van der Waals surface area contributed by atoms with Gasteiger partial charge in [-0.3, -0.25) is 40.5 Å². The summed E-state index contributed by atoms with van der Waals surface area (Å²) in [4.78, 5) is 38.2. The fraction of sp³-hybridized carbons (Fsp3) is 0. The van der Waals surface area contributed by atoms with Gasteiger partial charge in [-0.2, -0.15) is 0 Å². The number of benzene rings is 2. The molecule has 2 aromatic rings. The van der Waals surface area contributed by atoms with Crippen LogP contribution in [0, 0.1) is 40.5 Å². The van der Waals surface area contributed by atoms with Gasteiger partial charge in [0.25, 0.3) is 11.4 Å². The average molecular weight is 435 g/mol. The molecule has 4 N–H and O–H groups in total. The van der Waals surface area contributed by atoms with Gasteiger partial charge in [0.05, 0.1) is 41.9 Å². The van der Waals surface area contributed by atoms with E-state index in [9.17, 15) is 40.5 Å². The van der Waals surface area contributed by atoms with Crippen molar-refractivity contribution in [3.8, 4) is 0 Å². The van der Waals surface area contributed by atoms with Crippen LogP contribution in [0.4, 0.5) is 34.1 Å². The molecule has 0 spiro atoms. The molecule has 0 amide bonds. The number of rotatable bonds is 4. The summed E-state index contributed by atoms with van der Waals surface area (Å²) in [5, 5.41) is 41.0. The second kappa shape index (κ2) is 8.74. The number of nitrogen functional groups attached to an aromatic ring is 2. The molecule has 0 fully saturated rings. The predicted molar refractivity (Wildman–Crippen MR) is 98.3 cm³/mol. The van der Waals surface area contributed by atoms with Gasteiger partial charge < -0.3 is 11.5 Å². The van der Waals surface area contributed by atoms with Crippen LogP contribution in [0.15, 0.2) is 24.3 Å². The first-order valence-corrected chi connectivity index (χ1v) is 7.38. The lowest BCUT2D eigenvalue weighted by Gasteiger charge is -1.99. The molecule has 14 nitrogen and oxygen atoms in total. The molecule has 0 heterocycles. The van der Waals surface area contributed by atoms with E-state index in [1.54, 1.807) is 0 Å². The van der Waals surface area contributed by atoms with E-state index in [1.165, 1.54) is 0 Å². The Labute approximate surface area is 163 Å². The van der Waals surface area contributed by atoms with Crippen molar-refractivity contribution in [2.75, 3.05) is 11.5 Å². The first-order valence-electron chi connectivity index (χ1n) is 6.62. The normalized spacial score (nSPS) is 9.79. The van der Waals surface area contributed by atoms with Crippen molar-refractivity contribution in [1.29, 1.82) is 0 Å². The van der Waals surface area contributed by atoms with Crippen LogP contribution < -0.4 is 11.5 Å². The van der Waals surface area contributed by atoms with Crippen LogP contribution in [0.1, 0.15) is 0 Å². The summed E-state index contributed by atoms with van der Waals surface area (Å²) in [6.07, 6.45) is 0. The summed E-state index contributed by atoms with van der Waals surface area (Å²) in [6, 6.07) is 3.45. The predicted octanol–water partition coefficient (Wildman–Crippen LogP) is 3.48. The number of hydrogen-bond acceptors (Lipinski definition) is 10. The molecule has 16 heteroatoms. The van der Waals surface area contributed by atoms with Gasteiger partial charge >= 0.3 is 11.4 Å². The monoisotopic (exact) mass is 434 g/mol. The van der Waals surface area contributed by atoms with Crippen molar-refractivity contribution in [1.82, 2.24) is 0 Å². The van der Waals surface area contributed by atoms with Crippen molar-refractivity contribution in [3.63, 3.8) is 0 Å². The fourth-order valence-electron chi connectivity index (χ4n) is 1.69.